The van der Waals surface area contributed by atoms with Crippen molar-refractivity contribution < 1.29 is 14.3 Å². The first kappa shape index (κ1) is 15.9. The largest absolute Gasteiger partial charge is 0.469 e. The van der Waals surface area contributed by atoms with Crippen LogP contribution in [0.3, 0.4) is 0 Å². The molecule has 22 heavy (non-hydrogen) atoms. The second kappa shape index (κ2) is 7.53. The summed E-state index contributed by atoms with van der Waals surface area (Å²) in [6, 6.07) is 0. The summed E-state index contributed by atoms with van der Waals surface area (Å²) in [6.07, 6.45) is 8.03. The maximum absolute atomic E-state index is 12.2. The molecule has 0 bridgehead atoms. The molecule has 7 nitrogen and oxygen atoms in total. The first-order chi connectivity index (χ1) is 10.6. The third kappa shape index (κ3) is 4.03. The molecule has 0 saturated heterocycles. The Balaban J connectivity index is 1.81. The van der Waals surface area contributed by atoms with Crippen LogP contribution >= 0.6 is 0 Å². The van der Waals surface area contributed by atoms with E-state index in [0.29, 0.717) is 24.3 Å². The molecular weight excluding hydrogens is 284 g/mol. The number of fused-ring (bicyclic) bond motifs is 1. The molecule has 0 fully saturated rings. The summed E-state index contributed by atoms with van der Waals surface area (Å²) >= 11 is 0. The number of imidazole rings is 1. The second-order valence-electron chi connectivity index (χ2n) is 5.03. The number of hydrogen-bond donors (Lipinski definition) is 1. The predicted molar refractivity (Wildman–Crippen MR) is 80.5 cm³/mol. The fraction of sp³-hybridized carbons (Fsp3) is 0.467. The van der Waals surface area contributed by atoms with Crippen molar-refractivity contribution in [2.75, 3.05) is 13.7 Å². The molecule has 118 valence electrons. The van der Waals surface area contributed by atoms with Crippen molar-refractivity contribution in [2.24, 2.45) is 0 Å². The molecule has 7 heteroatoms. The fourth-order valence-corrected chi connectivity index (χ4v) is 2.16. The molecule has 0 atom stereocenters. The topological polar surface area (TPSA) is 85.6 Å². The van der Waals surface area contributed by atoms with Gasteiger partial charge in [-0.1, -0.05) is 6.42 Å². The molecule has 2 rings (SSSR count). The van der Waals surface area contributed by atoms with E-state index in [1.807, 2.05) is 13.1 Å². The molecule has 0 aliphatic heterocycles. The summed E-state index contributed by atoms with van der Waals surface area (Å²) in [6.45, 7) is 2.42. The van der Waals surface area contributed by atoms with Crippen LogP contribution in [0.25, 0.3) is 5.65 Å². The Morgan fingerprint density at radius 3 is 2.91 bits per heavy atom. The van der Waals surface area contributed by atoms with Crippen LogP contribution in [-0.4, -0.2) is 39.9 Å². The Morgan fingerprint density at radius 2 is 2.14 bits per heavy atom. The van der Waals surface area contributed by atoms with Gasteiger partial charge in [-0.2, -0.15) is 0 Å². The first-order valence-electron chi connectivity index (χ1n) is 7.27. The van der Waals surface area contributed by atoms with Crippen molar-refractivity contribution in [3.63, 3.8) is 0 Å². The molecule has 1 N–H and O–H groups in total. The number of carbonyl (C=O) groups excluding carboxylic acids is 2. The Labute approximate surface area is 128 Å². The molecule has 2 aromatic rings. The van der Waals surface area contributed by atoms with E-state index in [9.17, 15) is 9.59 Å². The van der Waals surface area contributed by atoms with Gasteiger partial charge in [-0.15, -0.1) is 0 Å². The smallest absolute Gasteiger partial charge is 0.305 e. The summed E-state index contributed by atoms with van der Waals surface area (Å²) in [5.74, 6) is -0.432. The molecule has 1 amide bonds. The van der Waals surface area contributed by atoms with Gasteiger partial charge in [0.15, 0.2) is 11.3 Å². The average Bonchev–Trinajstić information content (AvgIpc) is 2.90. The third-order valence-electron chi connectivity index (χ3n) is 3.28. The van der Waals surface area contributed by atoms with Crippen molar-refractivity contribution in [3.8, 4) is 0 Å². The molecule has 2 aromatic heterocycles. The number of nitrogens with one attached hydrogen (secondary N) is 1. The lowest BCUT2D eigenvalue weighted by Gasteiger charge is -2.05. The number of nitrogens with zero attached hydrogens (tertiary/aromatic N) is 3. The second-order valence-corrected chi connectivity index (χ2v) is 5.03. The van der Waals surface area contributed by atoms with Gasteiger partial charge in [-0.25, -0.2) is 9.97 Å². The highest BCUT2D eigenvalue weighted by atomic mass is 16.5. The lowest BCUT2D eigenvalue weighted by molar-refractivity contribution is -0.140. The van der Waals surface area contributed by atoms with Crippen molar-refractivity contribution in [2.45, 2.75) is 32.6 Å². The summed E-state index contributed by atoms with van der Waals surface area (Å²) < 4.78 is 6.35. The third-order valence-corrected chi connectivity index (χ3v) is 3.28. The van der Waals surface area contributed by atoms with Crippen molar-refractivity contribution >= 4 is 17.5 Å². The Hall–Kier alpha value is -2.44. The molecule has 2 heterocycles. The highest BCUT2D eigenvalue weighted by molar-refractivity contribution is 5.97. The zero-order chi connectivity index (χ0) is 15.9. The number of ether oxygens (including phenoxy) is 1. The predicted octanol–water partition coefficient (Wildman–Crippen LogP) is 1.50. The number of aromatic nitrogens is 3. The maximum atomic E-state index is 12.2. The van der Waals surface area contributed by atoms with Crippen molar-refractivity contribution in [1.82, 2.24) is 19.7 Å². The number of carbonyl (C=O) groups is 2. The molecule has 0 spiro atoms. The standard InChI is InChI=1S/C15H20N4O3/c1-11-10-19-9-8-16-13(14(19)18-11)15(21)17-7-5-3-4-6-12(20)22-2/h8-10H,3-7H2,1-2H3,(H,17,21). The first-order valence-corrected chi connectivity index (χ1v) is 7.27. The normalized spacial score (nSPS) is 10.6. The Bertz CT molecular complexity index is 666. The van der Waals surface area contributed by atoms with E-state index in [-0.39, 0.29) is 11.9 Å². The number of rotatable bonds is 7. The highest BCUT2D eigenvalue weighted by Crippen LogP contribution is 2.08. The van der Waals surface area contributed by atoms with Crippen LogP contribution in [0, 0.1) is 6.92 Å². The molecule has 0 aliphatic carbocycles. The minimum atomic E-state index is -0.232. The summed E-state index contributed by atoms with van der Waals surface area (Å²) in [5, 5.41) is 2.83. The van der Waals surface area contributed by atoms with E-state index in [1.165, 1.54) is 7.11 Å². The summed E-state index contributed by atoms with van der Waals surface area (Å²) in [7, 11) is 1.38. The minimum Gasteiger partial charge on any atom is -0.469 e. The zero-order valence-electron chi connectivity index (χ0n) is 12.8. The van der Waals surface area contributed by atoms with Crippen LogP contribution in [0.1, 0.15) is 41.9 Å². The summed E-state index contributed by atoms with van der Waals surface area (Å²) in [5.41, 5.74) is 1.72. The maximum Gasteiger partial charge on any atom is 0.305 e. The van der Waals surface area contributed by atoms with Gasteiger partial charge in [-0.05, 0) is 19.8 Å². The van der Waals surface area contributed by atoms with E-state index in [2.05, 4.69) is 20.0 Å². The van der Waals surface area contributed by atoms with Gasteiger partial charge in [0, 0.05) is 31.6 Å². The van der Waals surface area contributed by atoms with Gasteiger partial charge in [-0.3, -0.25) is 9.59 Å². The van der Waals surface area contributed by atoms with Gasteiger partial charge in [0.1, 0.15) is 0 Å². The van der Waals surface area contributed by atoms with Gasteiger partial charge >= 0.3 is 5.97 Å². The van der Waals surface area contributed by atoms with Crippen molar-refractivity contribution in [1.29, 1.82) is 0 Å². The number of methoxy groups -OCH3 is 1. The number of unbranched alkanes of at least 4 members (excludes halogenated alkanes) is 2. The van der Waals surface area contributed by atoms with Crippen LogP contribution < -0.4 is 5.32 Å². The molecule has 0 aromatic carbocycles. The van der Waals surface area contributed by atoms with Crippen LogP contribution in [-0.2, 0) is 9.53 Å². The molecule has 0 radical (unpaired) electrons. The van der Waals surface area contributed by atoms with Crippen LogP contribution in [0.15, 0.2) is 18.6 Å². The number of aryl methyl sites for hydroxylation is 1. The number of esters is 1. The van der Waals surface area contributed by atoms with Gasteiger partial charge in [0.2, 0.25) is 0 Å². The Kier molecular flexibility index (Phi) is 5.46. The van der Waals surface area contributed by atoms with Crippen LogP contribution in [0.5, 0.6) is 0 Å². The molecular formula is C15H20N4O3. The van der Waals surface area contributed by atoms with Crippen LogP contribution in [0.2, 0.25) is 0 Å². The monoisotopic (exact) mass is 304 g/mol. The van der Waals surface area contributed by atoms with Gasteiger partial charge in [0.05, 0.1) is 12.8 Å². The fourth-order valence-electron chi connectivity index (χ4n) is 2.16. The highest BCUT2D eigenvalue weighted by Gasteiger charge is 2.13. The van der Waals surface area contributed by atoms with Gasteiger partial charge < -0.3 is 14.5 Å². The van der Waals surface area contributed by atoms with Gasteiger partial charge in [0.25, 0.3) is 5.91 Å². The van der Waals surface area contributed by atoms with Crippen LogP contribution in [0.4, 0.5) is 0 Å². The molecule has 0 unspecified atom stereocenters. The summed E-state index contributed by atoms with van der Waals surface area (Å²) in [4.78, 5) is 31.5. The molecule has 0 aliphatic rings. The lowest BCUT2D eigenvalue weighted by atomic mass is 10.2. The average molecular weight is 304 g/mol. The molecule has 0 saturated carbocycles. The minimum absolute atomic E-state index is 0.199. The van der Waals surface area contributed by atoms with E-state index >= 15 is 0 Å². The lowest BCUT2D eigenvalue weighted by Crippen LogP contribution is -2.26. The van der Waals surface area contributed by atoms with E-state index in [4.69, 9.17) is 0 Å². The van der Waals surface area contributed by atoms with E-state index in [1.54, 1.807) is 16.8 Å². The van der Waals surface area contributed by atoms with E-state index < -0.39 is 0 Å². The Morgan fingerprint density at radius 1 is 1.32 bits per heavy atom. The number of amides is 1. The van der Waals surface area contributed by atoms with Crippen molar-refractivity contribution in [3.05, 3.63) is 30.0 Å². The zero-order valence-corrected chi connectivity index (χ0v) is 12.8. The number of hydrogen-bond acceptors (Lipinski definition) is 5. The quantitative estimate of drug-likeness (QED) is 0.619. The van der Waals surface area contributed by atoms with E-state index in [0.717, 1.165) is 25.0 Å². The SMILES string of the molecule is COC(=O)CCCCCNC(=O)c1nccn2cc(C)nc12.